The number of rotatable bonds is 5. The summed E-state index contributed by atoms with van der Waals surface area (Å²) in [7, 11) is 0. The molecule has 0 aromatic carbocycles. The molecule has 0 aromatic rings. The molecule has 0 amide bonds. The number of aliphatic hydroxyl groups is 3. The first-order valence-corrected chi connectivity index (χ1v) is 13.6. The van der Waals surface area contributed by atoms with Gasteiger partial charge in [-0.25, -0.2) is 0 Å². The van der Waals surface area contributed by atoms with Gasteiger partial charge in [0.15, 0.2) is 0 Å². The van der Waals surface area contributed by atoms with E-state index in [4.69, 9.17) is 4.74 Å². The third kappa shape index (κ3) is 4.08. The number of hydrogen-bond donors (Lipinski definition) is 3. The normalized spacial score (nSPS) is 46.9. The molecule has 3 N–H and O–H groups in total. The maximum absolute atomic E-state index is 13.0. The lowest BCUT2D eigenvalue weighted by Gasteiger charge is -2.55. The van der Waals surface area contributed by atoms with E-state index >= 15 is 0 Å². The second kappa shape index (κ2) is 9.09. The van der Waals surface area contributed by atoms with Gasteiger partial charge in [-0.1, -0.05) is 41.5 Å². The number of aliphatic hydroxyl groups excluding tert-OH is 3. The van der Waals surface area contributed by atoms with Crippen LogP contribution in [0.25, 0.3) is 0 Å². The van der Waals surface area contributed by atoms with Crippen molar-refractivity contribution in [2.45, 2.75) is 105 Å². The van der Waals surface area contributed by atoms with Crippen LogP contribution in [0.4, 0.5) is 0 Å². The average Bonchev–Trinajstić information content (AvgIpc) is 3.08. The average molecular weight is 465 g/mol. The van der Waals surface area contributed by atoms with Crippen LogP contribution in [0.15, 0.2) is 0 Å². The topological polar surface area (TPSA) is 87.0 Å². The van der Waals surface area contributed by atoms with Gasteiger partial charge in [0, 0.05) is 0 Å². The molecule has 0 aromatic heterocycles. The van der Waals surface area contributed by atoms with E-state index in [1.54, 1.807) is 0 Å². The standard InChI is InChI=1S/C28H48O5/c1-15(2)16(3)24(30)25(31)17(4)20-7-8-21-19-14-33-26(32)23-13-18(29)9-11-28(23,6)22(19)10-12-27(20,21)5/h15-25,29-31H,7-14H2,1-6H3/t16-,17-,18+,19?,20?,21?,22?,23?,24+,25+,27+,28+/m0/s1. The highest BCUT2D eigenvalue weighted by atomic mass is 16.5. The number of carbonyl (C=O) groups is 1. The number of carbonyl (C=O) groups excluding carboxylic acids is 1. The van der Waals surface area contributed by atoms with Crippen LogP contribution in [0.3, 0.4) is 0 Å². The van der Waals surface area contributed by atoms with Crippen LogP contribution in [0.1, 0.15) is 86.5 Å². The summed E-state index contributed by atoms with van der Waals surface area (Å²) in [6.45, 7) is 13.6. The molecule has 3 aliphatic carbocycles. The Hall–Kier alpha value is -0.650. The molecule has 33 heavy (non-hydrogen) atoms. The van der Waals surface area contributed by atoms with Gasteiger partial charge < -0.3 is 20.1 Å². The van der Waals surface area contributed by atoms with Gasteiger partial charge in [0.2, 0.25) is 0 Å². The highest BCUT2D eigenvalue weighted by Gasteiger charge is 2.62. The van der Waals surface area contributed by atoms with Crippen LogP contribution in [0.5, 0.6) is 0 Å². The highest BCUT2D eigenvalue weighted by Crippen LogP contribution is 2.66. The van der Waals surface area contributed by atoms with Gasteiger partial charge in [-0.15, -0.1) is 0 Å². The molecule has 5 heteroatoms. The van der Waals surface area contributed by atoms with Crippen molar-refractivity contribution in [3.63, 3.8) is 0 Å². The number of esters is 1. The van der Waals surface area contributed by atoms with E-state index in [-0.39, 0.29) is 40.7 Å². The second-order valence-electron chi connectivity index (χ2n) is 13.2. The molecule has 3 saturated carbocycles. The van der Waals surface area contributed by atoms with Gasteiger partial charge in [0.1, 0.15) is 0 Å². The van der Waals surface area contributed by atoms with Crippen LogP contribution < -0.4 is 0 Å². The van der Waals surface area contributed by atoms with Gasteiger partial charge in [0.05, 0.1) is 30.8 Å². The molecule has 0 radical (unpaired) electrons. The Morgan fingerprint density at radius 2 is 1.55 bits per heavy atom. The van der Waals surface area contributed by atoms with Gasteiger partial charge in [-0.3, -0.25) is 4.79 Å². The fourth-order valence-corrected chi connectivity index (χ4v) is 8.90. The van der Waals surface area contributed by atoms with Gasteiger partial charge in [0.25, 0.3) is 0 Å². The molecule has 12 atom stereocenters. The lowest BCUT2D eigenvalue weighted by Crippen LogP contribution is -2.52. The van der Waals surface area contributed by atoms with Crippen LogP contribution in [0.2, 0.25) is 0 Å². The van der Waals surface area contributed by atoms with Crippen molar-refractivity contribution in [3.8, 4) is 0 Å². The fourth-order valence-electron chi connectivity index (χ4n) is 8.90. The zero-order chi connectivity index (χ0) is 24.3. The number of hydrogen-bond acceptors (Lipinski definition) is 5. The van der Waals surface area contributed by atoms with E-state index in [9.17, 15) is 20.1 Å². The van der Waals surface area contributed by atoms with E-state index in [2.05, 4.69) is 34.6 Å². The van der Waals surface area contributed by atoms with Crippen LogP contribution in [-0.4, -0.2) is 46.2 Å². The SMILES string of the molecule is CC(C)[C@H](C)[C@@H](O)[C@H](O)[C@@H](C)C1CCC2C3COC(=O)C4C[C@H](O)CC[C@]4(C)C3CC[C@@]21C. The first-order valence-electron chi connectivity index (χ1n) is 13.6. The smallest absolute Gasteiger partial charge is 0.309 e. The van der Waals surface area contributed by atoms with E-state index in [1.165, 1.54) is 0 Å². The molecule has 4 fully saturated rings. The Morgan fingerprint density at radius 3 is 2.21 bits per heavy atom. The Balaban J connectivity index is 1.56. The monoisotopic (exact) mass is 464 g/mol. The van der Waals surface area contributed by atoms with Crippen molar-refractivity contribution in [2.24, 2.45) is 58.2 Å². The number of cyclic esters (lactones) is 1. The molecule has 4 aliphatic rings. The quantitative estimate of drug-likeness (QED) is 0.524. The molecule has 5 unspecified atom stereocenters. The minimum absolute atomic E-state index is 0.0363. The Bertz CT molecular complexity index is 723. The van der Waals surface area contributed by atoms with E-state index in [0.29, 0.717) is 42.6 Å². The molecular formula is C28H48O5. The number of ether oxygens (including phenoxy) is 1. The summed E-state index contributed by atoms with van der Waals surface area (Å²) < 4.78 is 5.91. The molecular weight excluding hydrogens is 416 g/mol. The zero-order valence-electron chi connectivity index (χ0n) is 21.7. The maximum atomic E-state index is 13.0. The predicted molar refractivity (Wildman–Crippen MR) is 128 cm³/mol. The van der Waals surface area contributed by atoms with Crippen LogP contribution in [-0.2, 0) is 9.53 Å². The van der Waals surface area contributed by atoms with Crippen LogP contribution >= 0.6 is 0 Å². The van der Waals surface area contributed by atoms with Crippen molar-refractivity contribution < 1.29 is 24.9 Å². The first-order chi connectivity index (χ1) is 15.4. The van der Waals surface area contributed by atoms with E-state index in [1.807, 2.05) is 6.92 Å². The van der Waals surface area contributed by atoms with E-state index in [0.717, 1.165) is 38.5 Å². The third-order valence-corrected chi connectivity index (χ3v) is 11.5. The molecule has 4 rings (SSSR count). The lowest BCUT2D eigenvalue weighted by atomic mass is 9.48. The molecule has 0 bridgehead atoms. The summed E-state index contributed by atoms with van der Waals surface area (Å²) in [4.78, 5) is 13.0. The van der Waals surface area contributed by atoms with Crippen molar-refractivity contribution in [2.75, 3.05) is 6.61 Å². The highest BCUT2D eigenvalue weighted by molar-refractivity contribution is 5.74. The van der Waals surface area contributed by atoms with E-state index < -0.39 is 12.2 Å². The first kappa shape index (κ1) is 25.4. The Labute approximate surface area is 200 Å². The van der Waals surface area contributed by atoms with Crippen molar-refractivity contribution in [1.82, 2.24) is 0 Å². The van der Waals surface area contributed by atoms with Gasteiger partial charge in [-0.05, 0) is 97.2 Å². The Kier molecular flexibility index (Phi) is 7.01. The number of fused-ring (bicyclic) bond motifs is 5. The van der Waals surface area contributed by atoms with Crippen molar-refractivity contribution >= 4 is 5.97 Å². The zero-order valence-corrected chi connectivity index (χ0v) is 21.7. The maximum Gasteiger partial charge on any atom is 0.309 e. The summed E-state index contributed by atoms with van der Waals surface area (Å²) in [5.74, 6) is 1.78. The third-order valence-electron chi connectivity index (χ3n) is 11.5. The Morgan fingerprint density at radius 1 is 0.909 bits per heavy atom. The summed E-state index contributed by atoms with van der Waals surface area (Å²) in [6, 6.07) is 0. The second-order valence-corrected chi connectivity index (χ2v) is 13.2. The summed E-state index contributed by atoms with van der Waals surface area (Å²) >= 11 is 0. The molecule has 1 saturated heterocycles. The molecule has 1 heterocycles. The summed E-state index contributed by atoms with van der Waals surface area (Å²) in [5.41, 5.74) is 0.00402. The van der Waals surface area contributed by atoms with Crippen molar-refractivity contribution in [1.29, 1.82) is 0 Å². The summed E-state index contributed by atoms with van der Waals surface area (Å²) in [5, 5.41) is 32.3. The molecule has 0 spiro atoms. The predicted octanol–water partition coefficient (Wildman–Crippen LogP) is 4.42. The fraction of sp³-hybridized carbons (Fsp3) is 0.964. The molecule has 190 valence electrons. The minimum atomic E-state index is -0.714. The van der Waals surface area contributed by atoms with Gasteiger partial charge in [-0.2, -0.15) is 0 Å². The van der Waals surface area contributed by atoms with Crippen molar-refractivity contribution in [3.05, 3.63) is 0 Å². The lowest BCUT2D eigenvalue weighted by molar-refractivity contribution is -0.155. The van der Waals surface area contributed by atoms with Crippen LogP contribution in [0, 0.1) is 58.2 Å². The largest absolute Gasteiger partial charge is 0.465 e. The summed E-state index contributed by atoms with van der Waals surface area (Å²) in [6.07, 6.45) is 4.78. The minimum Gasteiger partial charge on any atom is -0.465 e. The van der Waals surface area contributed by atoms with Gasteiger partial charge >= 0.3 is 5.97 Å². The molecule has 5 nitrogen and oxygen atoms in total. The molecule has 1 aliphatic heterocycles.